The summed E-state index contributed by atoms with van der Waals surface area (Å²) in [5.74, 6) is -1.07. The van der Waals surface area contributed by atoms with Crippen LogP contribution in [0.1, 0.15) is 6.92 Å². The van der Waals surface area contributed by atoms with E-state index < -0.39 is 28.3 Å². The molecule has 28 heavy (non-hydrogen) atoms. The number of hydrogen-bond donors (Lipinski definition) is 1. The number of halogens is 1. The van der Waals surface area contributed by atoms with Crippen LogP contribution in [0, 0.1) is 5.82 Å². The van der Waals surface area contributed by atoms with Gasteiger partial charge in [0.2, 0.25) is 15.9 Å². The molecule has 1 N–H and O–H groups in total. The number of nitrogens with one attached hydrogen (secondary N) is 1. The summed E-state index contributed by atoms with van der Waals surface area (Å²) in [5, 5.41) is 2.64. The van der Waals surface area contributed by atoms with Crippen molar-refractivity contribution in [2.45, 2.75) is 13.5 Å². The highest BCUT2D eigenvalue weighted by Crippen LogP contribution is 2.22. The molecule has 0 aliphatic heterocycles. The molecule has 7 nitrogen and oxygen atoms in total. The lowest BCUT2D eigenvalue weighted by molar-refractivity contribution is -0.114. The zero-order valence-corrected chi connectivity index (χ0v) is 16.8. The Balaban J connectivity index is 1.82. The molecule has 0 unspecified atom stereocenters. The van der Waals surface area contributed by atoms with Crippen LogP contribution in [0.2, 0.25) is 0 Å². The third-order valence-electron chi connectivity index (χ3n) is 4.07. The van der Waals surface area contributed by atoms with E-state index in [0.717, 1.165) is 44.2 Å². The lowest BCUT2D eigenvalue weighted by Crippen LogP contribution is -2.37. The maximum absolute atomic E-state index is 13.1. The molecule has 0 bridgehead atoms. The smallest absolute Gasteiger partial charge is 0.308 e. The summed E-state index contributed by atoms with van der Waals surface area (Å²) in [4.78, 5) is 24.3. The van der Waals surface area contributed by atoms with Crippen molar-refractivity contribution < 1.29 is 17.6 Å². The van der Waals surface area contributed by atoms with Gasteiger partial charge in [-0.1, -0.05) is 11.3 Å². The fraction of sp³-hybridized carbons (Fsp3) is 0.222. The first-order valence-electron chi connectivity index (χ1n) is 8.35. The van der Waals surface area contributed by atoms with Crippen molar-refractivity contribution in [3.05, 3.63) is 57.9 Å². The number of thiazole rings is 1. The third-order valence-corrected chi connectivity index (χ3v) is 6.15. The molecule has 2 aromatic carbocycles. The van der Waals surface area contributed by atoms with Gasteiger partial charge in [-0.2, -0.15) is 0 Å². The number of rotatable bonds is 6. The average molecular weight is 423 g/mol. The second-order valence-corrected chi connectivity index (χ2v) is 8.99. The van der Waals surface area contributed by atoms with Crippen molar-refractivity contribution in [3.8, 4) is 0 Å². The van der Waals surface area contributed by atoms with Crippen LogP contribution in [0.3, 0.4) is 0 Å². The molecule has 1 heterocycles. The zero-order valence-electron chi connectivity index (χ0n) is 15.2. The lowest BCUT2D eigenvalue weighted by atomic mass is 10.3. The van der Waals surface area contributed by atoms with Crippen LogP contribution in [-0.2, 0) is 21.4 Å². The topological polar surface area (TPSA) is 88.5 Å². The standard InChI is InChI=1S/C18H18FN3O4S2/c1-3-21-15-9-6-13(10-16(15)27-18(21)24)20-17(23)11-22(28(2,25)26)14-7-4-12(19)5-8-14/h4-10H,3,11H2,1-2H3,(H,20,23). The highest BCUT2D eigenvalue weighted by atomic mass is 32.2. The molecule has 10 heteroatoms. The third kappa shape index (κ3) is 4.23. The van der Waals surface area contributed by atoms with Gasteiger partial charge >= 0.3 is 4.87 Å². The lowest BCUT2D eigenvalue weighted by Gasteiger charge is -2.21. The van der Waals surface area contributed by atoms with E-state index >= 15 is 0 Å². The van der Waals surface area contributed by atoms with Crippen LogP contribution < -0.4 is 14.5 Å². The van der Waals surface area contributed by atoms with Crippen molar-refractivity contribution in [3.63, 3.8) is 0 Å². The van der Waals surface area contributed by atoms with Crippen molar-refractivity contribution in [2.75, 3.05) is 22.4 Å². The van der Waals surface area contributed by atoms with E-state index in [2.05, 4.69) is 5.32 Å². The van der Waals surface area contributed by atoms with Crippen LogP contribution in [0.15, 0.2) is 47.3 Å². The Bertz CT molecular complexity index is 1180. The predicted octanol–water partition coefficient (Wildman–Crippen LogP) is 2.63. The molecule has 1 aromatic heterocycles. The second-order valence-electron chi connectivity index (χ2n) is 6.09. The van der Waals surface area contributed by atoms with Gasteiger partial charge in [-0.3, -0.25) is 18.5 Å². The van der Waals surface area contributed by atoms with Gasteiger partial charge in [-0.15, -0.1) is 0 Å². The first-order valence-corrected chi connectivity index (χ1v) is 11.0. The van der Waals surface area contributed by atoms with E-state index in [1.807, 2.05) is 6.92 Å². The average Bonchev–Trinajstić information content (AvgIpc) is 2.94. The molecular weight excluding hydrogens is 405 g/mol. The molecule has 0 radical (unpaired) electrons. The number of aromatic nitrogens is 1. The van der Waals surface area contributed by atoms with E-state index in [1.54, 1.807) is 22.8 Å². The van der Waals surface area contributed by atoms with E-state index in [0.29, 0.717) is 12.2 Å². The quantitative estimate of drug-likeness (QED) is 0.660. The minimum Gasteiger partial charge on any atom is -0.324 e. The highest BCUT2D eigenvalue weighted by Gasteiger charge is 2.21. The van der Waals surface area contributed by atoms with Gasteiger partial charge in [0.15, 0.2) is 0 Å². The Kier molecular flexibility index (Phi) is 5.52. The van der Waals surface area contributed by atoms with Crippen molar-refractivity contribution in [1.82, 2.24) is 4.57 Å². The summed E-state index contributed by atoms with van der Waals surface area (Å²) in [6.07, 6.45) is 0.973. The van der Waals surface area contributed by atoms with E-state index in [-0.39, 0.29) is 10.6 Å². The van der Waals surface area contributed by atoms with Crippen LogP contribution >= 0.6 is 11.3 Å². The number of fused-ring (bicyclic) bond motifs is 1. The van der Waals surface area contributed by atoms with Gasteiger partial charge in [0.25, 0.3) is 0 Å². The molecular formula is C18H18FN3O4S2. The Morgan fingerprint density at radius 1 is 1.21 bits per heavy atom. The Hall–Kier alpha value is -2.72. The van der Waals surface area contributed by atoms with Gasteiger partial charge in [0, 0.05) is 12.2 Å². The highest BCUT2D eigenvalue weighted by molar-refractivity contribution is 7.92. The molecule has 0 aliphatic rings. The largest absolute Gasteiger partial charge is 0.324 e. The molecule has 0 saturated heterocycles. The molecule has 3 rings (SSSR count). The predicted molar refractivity (Wildman–Crippen MR) is 109 cm³/mol. The number of carbonyl (C=O) groups excluding carboxylic acids is 1. The van der Waals surface area contributed by atoms with Gasteiger partial charge in [0.05, 0.1) is 22.2 Å². The van der Waals surface area contributed by atoms with Gasteiger partial charge in [-0.05, 0) is 49.4 Å². The van der Waals surface area contributed by atoms with E-state index in [4.69, 9.17) is 0 Å². The summed E-state index contributed by atoms with van der Waals surface area (Å²) >= 11 is 1.08. The minimum atomic E-state index is -3.75. The minimum absolute atomic E-state index is 0.0828. The fourth-order valence-corrected chi connectivity index (χ4v) is 4.63. The van der Waals surface area contributed by atoms with Gasteiger partial charge in [0.1, 0.15) is 12.4 Å². The normalized spacial score (nSPS) is 11.5. The molecule has 148 valence electrons. The Labute approximate surface area is 165 Å². The van der Waals surface area contributed by atoms with Crippen molar-refractivity contribution >= 4 is 48.9 Å². The summed E-state index contributed by atoms with van der Waals surface area (Å²) < 4.78 is 40.5. The molecule has 0 fully saturated rings. The van der Waals surface area contributed by atoms with Crippen LogP contribution in [-0.4, -0.2) is 31.7 Å². The Morgan fingerprint density at radius 2 is 1.89 bits per heavy atom. The second kappa shape index (κ2) is 7.72. The molecule has 1 amide bonds. The van der Waals surface area contributed by atoms with Crippen molar-refractivity contribution in [1.29, 1.82) is 0 Å². The summed E-state index contributed by atoms with van der Waals surface area (Å²) in [5.41, 5.74) is 1.42. The van der Waals surface area contributed by atoms with Crippen LogP contribution in [0.25, 0.3) is 10.2 Å². The van der Waals surface area contributed by atoms with Crippen molar-refractivity contribution in [2.24, 2.45) is 0 Å². The number of hydrogen-bond acceptors (Lipinski definition) is 5. The summed E-state index contributed by atoms with van der Waals surface area (Å²) in [7, 11) is -3.75. The molecule has 3 aromatic rings. The number of amides is 1. The monoisotopic (exact) mass is 423 g/mol. The molecule has 0 spiro atoms. The number of sulfonamides is 1. The maximum atomic E-state index is 13.1. The van der Waals surface area contributed by atoms with Crippen LogP contribution in [0.4, 0.5) is 15.8 Å². The van der Waals surface area contributed by atoms with Gasteiger partial charge in [-0.25, -0.2) is 12.8 Å². The molecule has 0 atom stereocenters. The summed E-state index contributed by atoms with van der Waals surface area (Å²) in [6, 6.07) is 9.90. The number of carbonyl (C=O) groups is 1. The SMILES string of the molecule is CCn1c(=O)sc2cc(NC(=O)CN(c3ccc(F)cc3)S(C)(=O)=O)ccc21. The van der Waals surface area contributed by atoms with E-state index in [1.165, 1.54) is 12.1 Å². The first kappa shape index (κ1) is 20.0. The van der Waals surface area contributed by atoms with Gasteiger partial charge < -0.3 is 5.32 Å². The first-order chi connectivity index (χ1) is 13.2. The fourth-order valence-electron chi connectivity index (χ4n) is 2.78. The van der Waals surface area contributed by atoms with E-state index in [9.17, 15) is 22.4 Å². The summed E-state index contributed by atoms with van der Waals surface area (Å²) in [6.45, 7) is 1.96. The maximum Gasteiger partial charge on any atom is 0.308 e. The number of benzene rings is 2. The number of anilines is 2. The Morgan fingerprint density at radius 3 is 2.50 bits per heavy atom. The number of aryl methyl sites for hydroxylation is 1. The molecule has 0 saturated carbocycles. The zero-order chi connectivity index (χ0) is 20.5. The van der Waals surface area contributed by atoms with Crippen LogP contribution in [0.5, 0.6) is 0 Å². The molecule has 0 aliphatic carbocycles. The number of nitrogens with zero attached hydrogens (tertiary/aromatic N) is 2.